The van der Waals surface area contributed by atoms with Gasteiger partial charge in [0.2, 0.25) is 11.9 Å². The van der Waals surface area contributed by atoms with Gasteiger partial charge in [0.25, 0.3) is 0 Å². The summed E-state index contributed by atoms with van der Waals surface area (Å²) < 4.78 is 29.1. The predicted octanol–water partition coefficient (Wildman–Crippen LogP) is 0.314. The molecule has 0 bridgehead atoms. The van der Waals surface area contributed by atoms with Gasteiger partial charge in [0.1, 0.15) is 12.2 Å². The van der Waals surface area contributed by atoms with E-state index in [2.05, 4.69) is 20.8 Å². The number of hydrogen-bond acceptors (Lipinski definition) is 9. The first kappa shape index (κ1) is 19.0. The van der Waals surface area contributed by atoms with E-state index in [9.17, 15) is 19.5 Å². The van der Waals surface area contributed by atoms with Gasteiger partial charge in [0, 0.05) is 13.5 Å². The van der Waals surface area contributed by atoms with Crippen LogP contribution in [0.5, 0.6) is 0 Å². The maximum Gasteiger partial charge on any atom is 0.342 e. The van der Waals surface area contributed by atoms with Crippen molar-refractivity contribution in [3.05, 3.63) is 0 Å². The Morgan fingerprint density at radius 3 is 2.40 bits per heavy atom. The van der Waals surface area contributed by atoms with Crippen molar-refractivity contribution in [3.63, 3.8) is 0 Å². The lowest BCUT2D eigenvalue weighted by molar-refractivity contribution is -0.238. The summed E-state index contributed by atoms with van der Waals surface area (Å²) in [5.74, 6) is -3.00. The lowest BCUT2D eigenvalue weighted by Crippen LogP contribution is -2.66. The van der Waals surface area contributed by atoms with Gasteiger partial charge in [-0.1, -0.05) is 20.8 Å². The molecule has 30 heavy (non-hydrogen) atoms. The first-order valence-electron chi connectivity index (χ1n) is 10.5. The molecule has 0 aromatic carbocycles. The SMILES string of the molecule is CO[C@H]1C(=O)OC2OC34C(=O)OC5C[C@@H](C(C)(C)C)C21C53CC1OC(=O)[C@@H](C)[C@@]14O. The average Bonchev–Trinajstić information content (AvgIpc) is 3.35. The second-order valence-electron chi connectivity index (χ2n) is 10.8. The van der Waals surface area contributed by atoms with Gasteiger partial charge < -0.3 is 28.8 Å². The third-order valence-electron chi connectivity index (χ3n) is 9.17. The standard InChI is InChI=1S/C21H26O9/c1-8-13(22)27-11-7-18-10-6-9(17(2,3)4)19(18)12(26-5)14(23)29-16(19)30-21(18,15(24)28-10)20(8,11)25/h8-12,16,25H,6-7H2,1-5H3/t8-,9+,10?,11?,12+,16?,18?,19?,20-,21?/m1/s1. The van der Waals surface area contributed by atoms with Crippen molar-refractivity contribution >= 4 is 17.9 Å². The maximum atomic E-state index is 13.4. The molecule has 164 valence electrons. The van der Waals surface area contributed by atoms with Crippen molar-refractivity contribution in [1.29, 1.82) is 0 Å². The van der Waals surface area contributed by atoms with Gasteiger partial charge in [0.15, 0.2) is 11.7 Å². The molecule has 6 aliphatic rings. The highest BCUT2D eigenvalue weighted by atomic mass is 16.8. The highest BCUT2D eigenvalue weighted by Crippen LogP contribution is 2.84. The van der Waals surface area contributed by atoms with Gasteiger partial charge in [-0.3, -0.25) is 4.79 Å². The van der Waals surface area contributed by atoms with Crippen LogP contribution in [0.25, 0.3) is 0 Å². The smallest absolute Gasteiger partial charge is 0.342 e. The molecule has 6 fully saturated rings. The monoisotopic (exact) mass is 422 g/mol. The van der Waals surface area contributed by atoms with Gasteiger partial charge >= 0.3 is 17.9 Å². The third kappa shape index (κ3) is 1.41. The largest absolute Gasteiger partial charge is 0.459 e. The Bertz CT molecular complexity index is 909. The number of carbonyl (C=O) groups excluding carboxylic acids is 3. The summed E-state index contributed by atoms with van der Waals surface area (Å²) in [4.78, 5) is 38.7. The zero-order valence-corrected chi connectivity index (χ0v) is 17.6. The minimum atomic E-state index is -1.91. The van der Waals surface area contributed by atoms with Crippen LogP contribution in [-0.4, -0.2) is 65.9 Å². The molecule has 9 heteroatoms. The summed E-state index contributed by atoms with van der Waals surface area (Å²) in [5.41, 5.74) is -6.24. The predicted molar refractivity (Wildman–Crippen MR) is 95.4 cm³/mol. The number of hydrogen-bond donors (Lipinski definition) is 1. The molecule has 9 nitrogen and oxygen atoms in total. The molecule has 0 radical (unpaired) electrons. The van der Waals surface area contributed by atoms with Gasteiger partial charge in [-0.25, -0.2) is 9.59 Å². The van der Waals surface area contributed by atoms with Crippen LogP contribution < -0.4 is 0 Å². The van der Waals surface area contributed by atoms with Gasteiger partial charge in [-0.05, 0) is 24.7 Å². The normalized spacial score (nSPS) is 57.6. The molecule has 4 aliphatic heterocycles. The van der Waals surface area contributed by atoms with Crippen LogP contribution in [0, 0.1) is 28.1 Å². The maximum absolute atomic E-state index is 13.4. The van der Waals surface area contributed by atoms with Crippen LogP contribution in [0.1, 0.15) is 40.5 Å². The van der Waals surface area contributed by atoms with Crippen molar-refractivity contribution in [2.75, 3.05) is 7.11 Å². The molecule has 1 N–H and O–H groups in total. The Kier molecular flexibility index (Phi) is 3.08. The molecule has 0 aromatic rings. The zero-order chi connectivity index (χ0) is 21.6. The van der Waals surface area contributed by atoms with E-state index in [0.29, 0.717) is 6.42 Å². The second kappa shape index (κ2) is 4.86. The molecule has 6 rings (SSSR count). The number of ether oxygens (including phenoxy) is 5. The minimum Gasteiger partial charge on any atom is -0.459 e. The quantitative estimate of drug-likeness (QED) is 0.471. The summed E-state index contributed by atoms with van der Waals surface area (Å²) in [6, 6.07) is 0. The van der Waals surface area contributed by atoms with E-state index in [4.69, 9.17) is 23.7 Å². The molecule has 6 unspecified atom stereocenters. The lowest BCUT2D eigenvalue weighted by Gasteiger charge is -2.47. The van der Waals surface area contributed by atoms with E-state index in [0.717, 1.165) is 0 Å². The van der Waals surface area contributed by atoms with E-state index in [1.54, 1.807) is 0 Å². The van der Waals surface area contributed by atoms with Gasteiger partial charge in [0.05, 0.1) is 16.7 Å². The number of methoxy groups -OCH3 is 1. The topological polar surface area (TPSA) is 118 Å². The fourth-order valence-corrected chi connectivity index (χ4v) is 8.33. The van der Waals surface area contributed by atoms with Crippen LogP contribution in [0.15, 0.2) is 0 Å². The van der Waals surface area contributed by atoms with Gasteiger partial charge in [-0.15, -0.1) is 0 Å². The summed E-state index contributed by atoms with van der Waals surface area (Å²) in [6.45, 7) is 7.72. The van der Waals surface area contributed by atoms with Crippen molar-refractivity contribution in [1.82, 2.24) is 0 Å². The summed E-state index contributed by atoms with van der Waals surface area (Å²) >= 11 is 0. The van der Waals surface area contributed by atoms with E-state index in [-0.39, 0.29) is 17.8 Å². The molecule has 2 saturated carbocycles. The van der Waals surface area contributed by atoms with Crippen molar-refractivity contribution in [2.24, 2.45) is 28.1 Å². The molecule has 10 atom stereocenters. The van der Waals surface area contributed by atoms with E-state index in [1.807, 2.05) is 0 Å². The molecule has 4 saturated heterocycles. The first-order valence-corrected chi connectivity index (χ1v) is 10.5. The Labute approximate surface area is 173 Å². The van der Waals surface area contributed by atoms with Crippen LogP contribution in [0.3, 0.4) is 0 Å². The lowest BCUT2D eigenvalue weighted by atomic mass is 9.51. The van der Waals surface area contributed by atoms with Crippen molar-refractivity contribution in [3.8, 4) is 0 Å². The minimum absolute atomic E-state index is 0.148. The zero-order valence-electron chi connectivity index (χ0n) is 17.6. The van der Waals surface area contributed by atoms with E-state index >= 15 is 0 Å². The number of rotatable bonds is 1. The van der Waals surface area contributed by atoms with Gasteiger partial charge in [-0.2, -0.15) is 0 Å². The van der Waals surface area contributed by atoms with E-state index < -0.39 is 70.5 Å². The fraction of sp³-hybridized carbons (Fsp3) is 0.857. The fourth-order valence-electron chi connectivity index (χ4n) is 8.33. The Hall–Kier alpha value is -1.71. The van der Waals surface area contributed by atoms with Crippen LogP contribution >= 0.6 is 0 Å². The van der Waals surface area contributed by atoms with Crippen LogP contribution in [0.4, 0.5) is 0 Å². The summed E-state index contributed by atoms with van der Waals surface area (Å²) in [7, 11) is 1.44. The van der Waals surface area contributed by atoms with Crippen LogP contribution in [-0.2, 0) is 38.1 Å². The molecule has 2 spiro atoms. The molecular formula is C21H26O9. The number of fused-ring (bicyclic) bond motifs is 1. The molecule has 0 aromatic heterocycles. The number of aliphatic hydroxyl groups is 1. The Morgan fingerprint density at radius 1 is 1.07 bits per heavy atom. The first-order chi connectivity index (χ1) is 13.9. The highest BCUT2D eigenvalue weighted by Gasteiger charge is 3.01. The molecular weight excluding hydrogens is 396 g/mol. The third-order valence-corrected chi connectivity index (χ3v) is 9.17. The van der Waals surface area contributed by atoms with Crippen molar-refractivity contribution in [2.45, 2.75) is 76.3 Å². The summed E-state index contributed by atoms with van der Waals surface area (Å²) in [6.07, 6.45) is -2.97. The summed E-state index contributed by atoms with van der Waals surface area (Å²) in [5, 5.41) is 11.9. The number of carbonyl (C=O) groups is 3. The van der Waals surface area contributed by atoms with Crippen molar-refractivity contribution < 1.29 is 43.2 Å². The second-order valence-corrected chi connectivity index (χ2v) is 10.8. The number of esters is 3. The molecule has 4 heterocycles. The van der Waals surface area contributed by atoms with E-state index in [1.165, 1.54) is 14.0 Å². The van der Waals surface area contributed by atoms with Crippen LogP contribution in [0.2, 0.25) is 0 Å². The average molecular weight is 422 g/mol. The molecule has 0 amide bonds. The Balaban J connectivity index is 1.69. The highest BCUT2D eigenvalue weighted by molar-refractivity contribution is 5.93. The Morgan fingerprint density at radius 2 is 1.77 bits per heavy atom. The molecule has 2 aliphatic carbocycles.